The second kappa shape index (κ2) is 5.37. The normalized spacial score (nSPS) is 11.3. The highest BCUT2D eigenvalue weighted by Gasteiger charge is 2.16. The Morgan fingerprint density at radius 2 is 2.05 bits per heavy atom. The van der Waals surface area contributed by atoms with Gasteiger partial charge in [-0.25, -0.2) is 9.78 Å². The number of nitrogens with zero attached hydrogens (tertiary/aromatic N) is 4. The lowest BCUT2D eigenvalue weighted by Crippen LogP contribution is -2.42. The third-order valence-corrected chi connectivity index (χ3v) is 2.95. The van der Waals surface area contributed by atoms with Gasteiger partial charge < -0.3 is 15.0 Å². The van der Waals surface area contributed by atoms with E-state index in [4.69, 9.17) is 10.5 Å². The molecule has 104 valence electrons. The van der Waals surface area contributed by atoms with Crippen molar-refractivity contribution in [2.24, 2.45) is 12.8 Å². The Morgan fingerprint density at radius 1 is 1.32 bits per heavy atom. The number of rotatable bonds is 5. The van der Waals surface area contributed by atoms with Gasteiger partial charge >= 0.3 is 5.69 Å². The summed E-state index contributed by atoms with van der Waals surface area (Å²) >= 11 is 0. The molecule has 2 aromatic rings. The van der Waals surface area contributed by atoms with Crippen LogP contribution in [0.4, 0.5) is 0 Å². The van der Waals surface area contributed by atoms with E-state index in [0.29, 0.717) is 24.3 Å². The molecule has 0 bridgehead atoms. The zero-order chi connectivity index (χ0) is 14.0. The standard InChI is InChI=1S/C11H17N5O3/c1-14-7-13-9-8(14)10(17)16(4-3-12)11(18)15(9)5-6-19-2/h7H,3-6,12H2,1-2H3. The van der Waals surface area contributed by atoms with Crippen molar-refractivity contribution >= 4 is 11.2 Å². The van der Waals surface area contributed by atoms with Crippen molar-refractivity contribution < 1.29 is 4.74 Å². The summed E-state index contributed by atoms with van der Waals surface area (Å²) in [6.45, 7) is 1.12. The molecule has 0 aromatic carbocycles. The monoisotopic (exact) mass is 267 g/mol. The molecule has 8 heteroatoms. The third kappa shape index (κ3) is 2.20. The minimum Gasteiger partial charge on any atom is -0.383 e. The number of ether oxygens (including phenoxy) is 1. The predicted molar refractivity (Wildman–Crippen MR) is 70.2 cm³/mol. The van der Waals surface area contributed by atoms with Gasteiger partial charge in [0.05, 0.1) is 19.5 Å². The van der Waals surface area contributed by atoms with Crippen LogP contribution in [0, 0.1) is 0 Å². The summed E-state index contributed by atoms with van der Waals surface area (Å²) in [4.78, 5) is 28.6. The maximum Gasteiger partial charge on any atom is 0.332 e. The molecule has 0 fully saturated rings. The molecule has 0 spiro atoms. The van der Waals surface area contributed by atoms with E-state index < -0.39 is 5.69 Å². The van der Waals surface area contributed by atoms with Gasteiger partial charge in [0.15, 0.2) is 11.2 Å². The SMILES string of the molecule is COCCn1c(=O)n(CCN)c(=O)c2c1ncn2C. The molecule has 0 amide bonds. The molecule has 0 radical (unpaired) electrons. The molecular weight excluding hydrogens is 250 g/mol. The van der Waals surface area contributed by atoms with Gasteiger partial charge in [-0.3, -0.25) is 13.9 Å². The Morgan fingerprint density at radius 3 is 2.68 bits per heavy atom. The maximum absolute atomic E-state index is 12.3. The minimum absolute atomic E-state index is 0.186. The Hall–Kier alpha value is -1.93. The fraction of sp³-hybridized carbons (Fsp3) is 0.545. The fourth-order valence-electron chi connectivity index (χ4n) is 2.02. The number of methoxy groups -OCH3 is 1. The molecule has 0 saturated heterocycles. The largest absolute Gasteiger partial charge is 0.383 e. The van der Waals surface area contributed by atoms with E-state index >= 15 is 0 Å². The number of fused-ring (bicyclic) bond motifs is 1. The highest BCUT2D eigenvalue weighted by Crippen LogP contribution is 2.04. The Labute approximate surface area is 109 Å². The highest BCUT2D eigenvalue weighted by molar-refractivity contribution is 5.69. The van der Waals surface area contributed by atoms with Crippen LogP contribution in [-0.2, 0) is 24.9 Å². The lowest BCUT2D eigenvalue weighted by atomic mass is 10.4. The molecule has 2 aromatic heterocycles. The third-order valence-electron chi connectivity index (χ3n) is 2.95. The predicted octanol–water partition coefficient (Wildman–Crippen LogP) is -1.50. The molecule has 0 saturated carbocycles. The van der Waals surface area contributed by atoms with Crippen LogP contribution in [-0.4, -0.2) is 38.9 Å². The van der Waals surface area contributed by atoms with Crippen LogP contribution in [0.2, 0.25) is 0 Å². The molecule has 0 aliphatic carbocycles. The van der Waals surface area contributed by atoms with Crippen molar-refractivity contribution in [2.75, 3.05) is 20.3 Å². The summed E-state index contributed by atoms with van der Waals surface area (Å²) in [5, 5.41) is 0. The first-order valence-corrected chi connectivity index (χ1v) is 5.95. The second-order valence-electron chi connectivity index (χ2n) is 4.20. The summed E-state index contributed by atoms with van der Waals surface area (Å²) in [5.41, 5.74) is 5.46. The van der Waals surface area contributed by atoms with Gasteiger partial charge in [0.2, 0.25) is 0 Å². The van der Waals surface area contributed by atoms with E-state index in [1.807, 2.05) is 0 Å². The highest BCUT2D eigenvalue weighted by atomic mass is 16.5. The molecule has 8 nitrogen and oxygen atoms in total. The van der Waals surface area contributed by atoms with E-state index in [0.717, 1.165) is 4.57 Å². The average molecular weight is 267 g/mol. The van der Waals surface area contributed by atoms with Crippen LogP contribution in [0.1, 0.15) is 0 Å². The van der Waals surface area contributed by atoms with Gasteiger partial charge in [-0.05, 0) is 0 Å². The van der Waals surface area contributed by atoms with Crippen LogP contribution >= 0.6 is 0 Å². The molecular formula is C11H17N5O3. The first-order valence-electron chi connectivity index (χ1n) is 5.95. The molecule has 0 atom stereocenters. The van der Waals surface area contributed by atoms with Crippen LogP contribution in [0.25, 0.3) is 11.2 Å². The van der Waals surface area contributed by atoms with Crippen molar-refractivity contribution in [3.05, 3.63) is 27.2 Å². The number of imidazole rings is 1. The summed E-state index contributed by atoms with van der Waals surface area (Å²) in [6.07, 6.45) is 1.52. The van der Waals surface area contributed by atoms with Crippen LogP contribution in [0.3, 0.4) is 0 Å². The van der Waals surface area contributed by atoms with E-state index in [2.05, 4.69) is 4.98 Å². The number of aromatic nitrogens is 4. The lowest BCUT2D eigenvalue weighted by molar-refractivity contribution is 0.186. The Balaban J connectivity index is 2.78. The van der Waals surface area contributed by atoms with Crippen molar-refractivity contribution in [2.45, 2.75) is 13.1 Å². The molecule has 0 aliphatic rings. The van der Waals surface area contributed by atoms with Gasteiger partial charge in [0, 0.05) is 27.2 Å². The van der Waals surface area contributed by atoms with E-state index in [1.54, 1.807) is 18.7 Å². The Kier molecular flexibility index (Phi) is 3.82. The summed E-state index contributed by atoms with van der Waals surface area (Å²) in [6, 6.07) is 0. The molecule has 2 rings (SSSR count). The zero-order valence-electron chi connectivity index (χ0n) is 11.0. The van der Waals surface area contributed by atoms with Gasteiger partial charge in [-0.2, -0.15) is 0 Å². The minimum atomic E-state index is -0.404. The van der Waals surface area contributed by atoms with Crippen molar-refractivity contribution in [1.29, 1.82) is 0 Å². The second-order valence-corrected chi connectivity index (χ2v) is 4.20. The van der Waals surface area contributed by atoms with Gasteiger partial charge in [-0.15, -0.1) is 0 Å². The Bertz CT molecular complexity index is 697. The smallest absolute Gasteiger partial charge is 0.332 e. The van der Waals surface area contributed by atoms with Crippen LogP contribution < -0.4 is 17.0 Å². The molecule has 2 heterocycles. The van der Waals surface area contributed by atoms with E-state index in [-0.39, 0.29) is 18.6 Å². The fourth-order valence-corrected chi connectivity index (χ4v) is 2.02. The molecule has 0 aliphatic heterocycles. The molecule has 2 N–H and O–H groups in total. The van der Waals surface area contributed by atoms with Gasteiger partial charge in [0.1, 0.15) is 0 Å². The van der Waals surface area contributed by atoms with Gasteiger partial charge in [0.25, 0.3) is 5.56 Å². The summed E-state index contributed by atoms with van der Waals surface area (Å²) < 4.78 is 9.16. The van der Waals surface area contributed by atoms with Crippen LogP contribution in [0.5, 0.6) is 0 Å². The van der Waals surface area contributed by atoms with Crippen molar-refractivity contribution in [3.63, 3.8) is 0 Å². The first-order chi connectivity index (χ1) is 9.11. The van der Waals surface area contributed by atoms with Crippen molar-refractivity contribution in [1.82, 2.24) is 18.7 Å². The molecule has 0 unspecified atom stereocenters. The number of hydrogen-bond donors (Lipinski definition) is 1. The zero-order valence-corrected chi connectivity index (χ0v) is 11.0. The summed E-state index contributed by atoms with van der Waals surface area (Å²) in [7, 11) is 3.27. The van der Waals surface area contributed by atoms with Gasteiger partial charge in [-0.1, -0.05) is 0 Å². The lowest BCUT2D eigenvalue weighted by Gasteiger charge is -2.10. The number of hydrogen-bond acceptors (Lipinski definition) is 5. The van der Waals surface area contributed by atoms with Crippen LogP contribution in [0.15, 0.2) is 15.9 Å². The topological polar surface area (TPSA) is 97.1 Å². The molecule has 19 heavy (non-hydrogen) atoms. The van der Waals surface area contributed by atoms with E-state index in [1.165, 1.54) is 10.9 Å². The van der Waals surface area contributed by atoms with E-state index in [9.17, 15) is 9.59 Å². The average Bonchev–Trinajstić information content (AvgIpc) is 2.77. The first kappa shape index (κ1) is 13.5. The summed E-state index contributed by atoms with van der Waals surface area (Å²) in [5.74, 6) is 0. The number of nitrogens with two attached hydrogens (primary N) is 1. The number of aryl methyl sites for hydroxylation is 1. The maximum atomic E-state index is 12.3. The quantitative estimate of drug-likeness (QED) is 0.711. The van der Waals surface area contributed by atoms with Crippen molar-refractivity contribution in [3.8, 4) is 0 Å².